The summed E-state index contributed by atoms with van der Waals surface area (Å²) in [6.07, 6.45) is 3.80. The van der Waals surface area contributed by atoms with Crippen LogP contribution in [0.25, 0.3) is 5.57 Å². The molecule has 0 aliphatic carbocycles. The molecule has 0 bridgehead atoms. The molecule has 17 heavy (non-hydrogen) atoms. The van der Waals surface area contributed by atoms with Crippen LogP contribution in [0.15, 0.2) is 48.4 Å². The largest absolute Gasteiger partial charge is 0.385 e. The first-order valence-corrected chi connectivity index (χ1v) is 5.37. The minimum atomic E-state index is -0.196. The lowest BCUT2D eigenvalue weighted by Crippen LogP contribution is -2.24. The van der Waals surface area contributed by atoms with Gasteiger partial charge in [0, 0.05) is 12.7 Å². The number of likely N-dealkylation sites (N-methyl/N-ethyl adjacent to an activating group) is 1. The van der Waals surface area contributed by atoms with E-state index in [4.69, 9.17) is 5.73 Å². The fourth-order valence-electron chi connectivity index (χ4n) is 1.73. The third-order valence-corrected chi connectivity index (χ3v) is 2.93. The summed E-state index contributed by atoms with van der Waals surface area (Å²) in [5, 5.41) is 0. The zero-order valence-electron chi connectivity index (χ0n) is 10.00. The van der Waals surface area contributed by atoms with Crippen LogP contribution >= 0.6 is 0 Å². The fraction of sp³-hybridized carbons (Fsp3) is 0.143. The van der Waals surface area contributed by atoms with Crippen molar-refractivity contribution in [2.45, 2.75) is 6.92 Å². The average Bonchev–Trinajstić information content (AvgIpc) is 2.29. The molecule has 3 heteroatoms. The fourth-order valence-corrected chi connectivity index (χ4v) is 1.73. The second kappa shape index (κ2) is 4.09. The van der Waals surface area contributed by atoms with Crippen LogP contribution in [-0.4, -0.2) is 11.9 Å². The van der Waals surface area contributed by atoms with Crippen molar-refractivity contribution in [3.63, 3.8) is 0 Å². The number of benzene rings is 1. The Morgan fingerprint density at radius 3 is 2.59 bits per heavy atom. The first-order chi connectivity index (χ1) is 7.99. The molecule has 2 rings (SSSR count). The monoisotopic (exact) mass is 230 g/mol. The topological polar surface area (TPSA) is 29.3 Å². The van der Waals surface area contributed by atoms with Crippen LogP contribution in [0.5, 0.6) is 0 Å². The molecule has 0 radical (unpaired) electrons. The van der Waals surface area contributed by atoms with Crippen LogP contribution in [0.2, 0.25) is 0 Å². The van der Waals surface area contributed by atoms with E-state index >= 15 is 0 Å². The lowest BCUT2D eigenvalue weighted by Gasteiger charge is -2.24. The van der Waals surface area contributed by atoms with E-state index in [1.807, 2.05) is 25.3 Å². The molecule has 0 aromatic heterocycles. The van der Waals surface area contributed by atoms with E-state index in [0.29, 0.717) is 11.4 Å². The highest BCUT2D eigenvalue weighted by Crippen LogP contribution is 2.26. The van der Waals surface area contributed by atoms with Gasteiger partial charge >= 0.3 is 0 Å². The van der Waals surface area contributed by atoms with Crippen molar-refractivity contribution in [1.29, 1.82) is 0 Å². The Hall–Kier alpha value is -2.03. The highest BCUT2D eigenvalue weighted by molar-refractivity contribution is 5.78. The summed E-state index contributed by atoms with van der Waals surface area (Å²) in [4.78, 5) is 1.81. The van der Waals surface area contributed by atoms with Crippen LogP contribution in [0, 0.1) is 12.7 Å². The summed E-state index contributed by atoms with van der Waals surface area (Å²) in [7, 11) is 1.86. The van der Waals surface area contributed by atoms with Crippen LogP contribution in [0.1, 0.15) is 11.1 Å². The molecule has 1 heterocycles. The molecule has 0 atom stereocenters. The maximum absolute atomic E-state index is 13.2. The molecule has 0 saturated carbocycles. The van der Waals surface area contributed by atoms with E-state index in [2.05, 4.69) is 6.58 Å². The van der Waals surface area contributed by atoms with E-state index in [-0.39, 0.29) is 5.82 Å². The number of halogens is 1. The summed E-state index contributed by atoms with van der Waals surface area (Å²) in [6.45, 7) is 5.66. The molecule has 0 amide bonds. The third kappa shape index (κ3) is 2.09. The molecule has 1 aliphatic rings. The normalized spacial score (nSPS) is 15.7. The first-order valence-electron chi connectivity index (χ1n) is 5.37. The van der Waals surface area contributed by atoms with Gasteiger partial charge in [0.2, 0.25) is 0 Å². The molecular weight excluding hydrogens is 215 g/mol. The zero-order valence-corrected chi connectivity index (χ0v) is 10.00. The van der Waals surface area contributed by atoms with Crippen molar-refractivity contribution in [3.05, 3.63) is 65.4 Å². The Morgan fingerprint density at radius 1 is 1.29 bits per heavy atom. The molecule has 1 aromatic rings. The van der Waals surface area contributed by atoms with Gasteiger partial charge in [0.1, 0.15) is 11.6 Å². The highest BCUT2D eigenvalue weighted by Gasteiger charge is 2.12. The van der Waals surface area contributed by atoms with E-state index in [1.165, 1.54) is 6.07 Å². The SMILES string of the molecule is C=C1C=C(c2ccc(F)c(C)c2)C=C(N)N1C. The second-order valence-electron chi connectivity index (χ2n) is 4.18. The molecule has 1 aromatic carbocycles. The van der Waals surface area contributed by atoms with Gasteiger partial charge in [-0.2, -0.15) is 0 Å². The predicted octanol–water partition coefficient (Wildman–Crippen LogP) is 2.78. The lowest BCUT2D eigenvalue weighted by molar-refractivity contribution is 0.528. The van der Waals surface area contributed by atoms with Crippen LogP contribution < -0.4 is 5.73 Å². The van der Waals surface area contributed by atoms with Gasteiger partial charge in [-0.25, -0.2) is 4.39 Å². The summed E-state index contributed by atoms with van der Waals surface area (Å²) < 4.78 is 13.2. The lowest BCUT2D eigenvalue weighted by atomic mass is 10.00. The molecule has 2 N–H and O–H groups in total. The molecule has 0 fully saturated rings. The molecule has 2 nitrogen and oxygen atoms in total. The molecule has 1 aliphatic heterocycles. The van der Waals surface area contributed by atoms with Gasteiger partial charge in [-0.15, -0.1) is 0 Å². The summed E-state index contributed by atoms with van der Waals surface area (Å²) in [5.41, 5.74) is 9.22. The standard InChI is InChI=1S/C14H15FN2/c1-9-6-11(4-5-13(9)15)12-7-10(2)17(3)14(16)8-12/h4-8H,2,16H2,1,3H3. The number of nitrogens with two attached hydrogens (primary N) is 1. The minimum Gasteiger partial charge on any atom is -0.385 e. The van der Waals surface area contributed by atoms with Crippen LogP contribution in [0.3, 0.4) is 0 Å². The number of aryl methyl sites for hydroxylation is 1. The van der Waals surface area contributed by atoms with Gasteiger partial charge in [0.15, 0.2) is 0 Å². The molecule has 0 saturated heterocycles. The molecule has 0 unspecified atom stereocenters. The number of allylic oxidation sites excluding steroid dienone is 3. The van der Waals surface area contributed by atoms with E-state index < -0.39 is 0 Å². The van der Waals surface area contributed by atoms with Crippen molar-refractivity contribution < 1.29 is 4.39 Å². The number of hydrogen-bond acceptors (Lipinski definition) is 2. The van der Waals surface area contributed by atoms with Gasteiger partial charge in [0.05, 0.1) is 0 Å². The number of rotatable bonds is 1. The van der Waals surface area contributed by atoms with Crippen molar-refractivity contribution in [1.82, 2.24) is 4.90 Å². The van der Waals surface area contributed by atoms with Crippen molar-refractivity contribution in [2.75, 3.05) is 7.05 Å². The maximum atomic E-state index is 13.2. The molecular formula is C14H15FN2. The number of nitrogens with zero attached hydrogens (tertiary/aromatic N) is 1. The maximum Gasteiger partial charge on any atom is 0.126 e. The van der Waals surface area contributed by atoms with E-state index in [9.17, 15) is 4.39 Å². The Bertz CT molecular complexity index is 541. The van der Waals surface area contributed by atoms with Gasteiger partial charge in [-0.1, -0.05) is 12.6 Å². The van der Waals surface area contributed by atoms with Gasteiger partial charge in [-0.05, 0) is 47.9 Å². The quantitative estimate of drug-likeness (QED) is 0.803. The number of hydrogen-bond donors (Lipinski definition) is 1. The van der Waals surface area contributed by atoms with Gasteiger partial charge < -0.3 is 10.6 Å². The first kappa shape index (κ1) is 11.5. The van der Waals surface area contributed by atoms with Gasteiger partial charge in [0.25, 0.3) is 0 Å². The Labute approximate surface area is 101 Å². The van der Waals surface area contributed by atoms with E-state index in [0.717, 1.165) is 16.8 Å². The Kier molecular flexibility index (Phi) is 2.76. The van der Waals surface area contributed by atoms with Crippen molar-refractivity contribution in [2.24, 2.45) is 5.73 Å². The zero-order chi connectivity index (χ0) is 12.6. The summed E-state index contributed by atoms with van der Waals surface area (Å²) >= 11 is 0. The van der Waals surface area contributed by atoms with Crippen molar-refractivity contribution in [3.8, 4) is 0 Å². The van der Waals surface area contributed by atoms with Crippen LogP contribution in [-0.2, 0) is 0 Å². The minimum absolute atomic E-state index is 0.196. The summed E-state index contributed by atoms with van der Waals surface area (Å²) in [6, 6.07) is 5.02. The summed E-state index contributed by atoms with van der Waals surface area (Å²) in [5.74, 6) is 0.438. The third-order valence-electron chi connectivity index (χ3n) is 2.93. The van der Waals surface area contributed by atoms with Gasteiger partial charge in [-0.3, -0.25) is 0 Å². The van der Waals surface area contributed by atoms with Crippen LogP contribution in [0.4, 0.5) is 4.39 Å². The highest BCUT2D eigenvalue weighted by atomic mass is 19.1. The smallest absolute Gasteiger partial charge is 0.126 e. The predicted molar refractivity (Wildman–Crippen MR) is 68.3 cm³/mol. The molecule has 0 spiro atoms. The second-order valence-corrected chi connectivity index (χ2v) is 4.18. The Morgan fingerprint density at radius 2 is 2.00 bits per heavy atom. The van der Waals surface area contributed by atoms with Crippen molar-refractivity contribution >= 4 is 5.57 Å². The Balaban J connectivity index is 2.45. The molecule has 88 valence electrons. The average molecular weight is 230 g/mol. The van der Waals surface area contributed by atoms with E-state index in [1.54, 1.807) is 17.9 Å².